The summed E-state index contributed by atoms with van der Waals surface area (Å²) in [5.41, 5.74) is 2.75. The van der Waals surface area contributed by atoms with Crippen LogP contribution in [0.15, 0.2) is 16.9 Å². The van der Waals surface area contributed by atoms with Gasteiger partial charge in [-0.2, -0.15) is 0 Å². The van der Waals surface area contributed by atoms with E-state index in [9.17, 15) is 0 Å². The number of rotatable bonds is 0. The third-order valence-corrected chi connectivity index (χ3v) is 0.787. The molecule has 2 heteroatoms. The van der Waals surface area contributed by atoms with E-state index >= 15 is 0 Å². The van der Waals surface area contributed by atoms with E-state index in [2.05, 4.69) is 18.4 Å². The summed E-state index contributed by atoms with van der Waals surface area (Å²) >= 11 is 3.94. The molecule has 0 bridgehead atoms. The van der Waals surface area contributed by atoms with E-state index in [0.717, 1.165) is 4.91 Å². The summed E-state index contributed by atoms with van der Waals surface area (Å²) in [6, 6.07) is 0. The number of hydrogen-bond acceptors (Lipinski definition) is 2. The van der Waals surface area contributed by atoms with Crippen LogP contribution in [0, 0.1) is 0 Å². The Morgan fingerprint density at radius 3 is 3.00 bits per heavy atom. The highest BCUT2D eigenvalue weighted by Gasteiger charge is 1.89. The van der Waals surface area contributed by atoms with Crippen LogP contribution >= 0.6 is 12.6 Å². The third-order valence-electron chi connectivity index (χ3n) is 0.529. The summed E-state index contributed by atoms with van der Waals surface area (Å²) in [5, 5.41) is 0. The first-order chi connectivity index (χ1) is 2.89. The maximum absolute atomic E-state index is 4.71. The van der Waals surface area contributed by atoms with E-state index in [1.54, 1.807) is 0 Å². The van der Waals surface area contributed by atoms with Gasteiger partial charge in [0, 0.05) is 0 Å². The molecular weight excluding hydrogens is 96.1 g/mol. The van der Waals surface area contributed by atoms with Crippen LogP contribution in [0.4, 0.5) is 0 Å². The zero-order chi connectivity index (χ0) is 4.41. The van der Waals surface area contributed by atoms with Crippen LogP contribution in [-0.4, -0.2) is 6.61 Å². The minimum Gasteiger partial charge on any atom is -0.487 e. The molecule has 1 rings (SSSR count). The van der Waals surface area contributed by atoms with Gasteiger partial charge in [0.25, 0.3) is 0 Å². The van der Waals surface area contributed by atoms with Crippen LogP contribution < -0.4 is 0 Å². The Kier molecular flexibility index (Phi) is 0.906. The van der Waals surface area contributed by atoms with Gasteiger partial charge in [0.1, 0.15) is 12.9 Å². The molecule has 32 valence electrons. The fourth-order valence-electron chi connectivity index (χ4n) is 0.272. The molecular formula is C4H4OS. The monoisotopic (exact) mass is 100.0 g/mol. The van der Waals surface area contributed by atoms with E-state index in [4.69, 9.17) is 4.74 Å². The summed E-state index contributed by atoms with van der Waals surface area (Å²) in [5.74, 6) is 0. The maximum Gasteiger partial charge on any atom is 0.127 e. The van der Waals surface area contributed by atoms with Crippen LogP contribution in [0.1, 0.15) is 0 Å². The van der Waals surface area contributed by atoms with Gasteiger partial charge in [-0.1, -0.05) is 5.73 Å². The third kappa shape index (κ3) is 0.588. The van der Waals surface area contributed by atoms with Crippen molar-refractivity contribution in [1.82, 2.24) is 0 Å². The van der Waals surface area contributed by atoms with E-state index in [0.29, 0.717) is 6.61 Å². The largest absolute Gasteiger partial charge is 0.487 e. The SMILES string of the molecule is SC1=C=COC1. The molecule has 0 radical (unpaired) electrons. The Balaban J connectivity index is 2.71. The highest BCUT2D eigenvalue weighted by Crippen LogP contribution is 2.02. The Labute approximate surface area is 41.7 Å². The minimum absolute atomic E-state index is 0.600. The molecule has 0 fully saturated rings. The van der Waals surface area contributed by atoms with Gasteiger partial charge in [-0.15, -0.1) is 12.6 Å². The second-order valence-electron chi connectivity index (χ2n) is 1.02. The van der Waals surface area contributed by atoms with E-state index in [-0.39, 0.29) is 0 Å². The molecule has 0 aliphatic carbocycles. The lowest BCUT2D eigenvalue weighted by atomic mass is 10.7. The van der Waals surface area contributed by atoms with Crippen molar-refractivity contribution < 1.29 is 4.74 Å². The summed E-state index contributed by atoms with van der Waals surface area (Å²) in [6.07, 6.45) is 1.52. The van der Waals surface area contributed by atoms with Crippen molar-refractivity contribution in [2.45, 2.75) is 0 Å². The molecule has 0 saturated carbocycles. The van der Waals surface area contributed by atoms with Crippen LogP contribution in [-0.2, 0) is 4.74 Å². The van der Waals surface area contributed by atoms with Gasteiger partial charge in [0.2, 0.25) is 0 Å². The standard InChI is InChI=1S/C4H4OS/c6-4-1-2-5-3-4/h2,6H,3H2. The van der Waals surface area contributed by atoms with Crippen LogP contribution in [0.2, 0.25) is 0 Å². The lowest BCUT2D eigenvalue weighted by Gasteiger charge is -1.84. The first-order valence-electron chi connectivity index (χ1n) is 1.64. The summed E-state index contributed by atoms with van der Waals surface area (Å²) in [6.45, 7) is 0.600. The molecule has 0 atom stereocenters. The molecule has 1 aliphatic heterocycles. The van der Waals surface area contributed by atoms with Crippen molar-refractivity contribution >= 4 is 12.6 Å². The number of thiol groups is 1. The van der Waals surface area contributed by atoms with Gasteiger partial charge >= 0.3 is 0 Å². The van der Waals surface area contributed by atoms with Crippen molar-refractivity contribution in [2.75, 3.05) is 6.61 Å². The molecule has 0 aromatic carbocycles. The second kappa shape index (κ2) is 1.41. The topological polar surface area (TPSA) is 9.23 Å². The van der Waals surface area contributed by atoms with Gasteiger partial charge in [0.15, 0.2) is 0 Å². The first-order valence-corrected chi connectivity index (χ1v) is 2.09. The molecule has 1 nitrogen and oxygen atoms in total. The Bertz CT molecular complexity index is 111. The maximum atomic E-state index is 4.71. The lowest BCUT2D eigenvalue weighted by Crippen LogP contribution is -1.75. The fraction of sp³-hybridized carbons (Fsp3) is 0.250. The van der Waals surface area contributed by atoms with Crippen molar-refractivity contribution in [3.8, 4) is 0 Å². The van der Waals surface area contributed by atoms with Crippen molar-refractivity contribution in [1.29, 1.82) is 0 Å². The zero-order valence-electron chi connectivity index (χ0n) is 3.14. The lowest BCUT2D eigenvalue weighted by molar-refractivity contribution is 0.300. The van der Waals surface area contributed by atoms with E-state index in [1.165, 1.54) is 6.26 Å². The van der Waals surface area contributed by atoms with Crippen molar-refractivity contribution in [3.63, 3.8) is 0 Å². The number of ether oxygens (including phenoxy) is 1. The Morgan fingerprint density at radius 2 is 2.83 bits per heavy atom. The smallest absolute Gasteiger partial charge is 0.127 e. The Hall–Kier alpha value is -0.330. The fourth-order valence-corrected chi connectivity index (χ4v) is 0.399. The zero-order valence-corrected chi connectivity index (χ0v) is 4.03. The predicted molar refractivity (Wildman–Crippen MR) is 26.5 cm³/mol. The van der Waals surface area contributed by atoms with Crippen molar-refractivity contribution in [3.05, 3.63) is 16.9 Å². The molecule has 0 amide bonds. The molecule has 0 aromatic heterocycles. The average Bonchev–Trinajstić information content (AvgIpc) is 1.86. The molecule has 0 saturated heterocycles. The quantitative estimate of drug-likeness (QED) is 0.352. The molecule has 1 heterocycles. The van der Waals surface area contributed by atoms with Gasteiger partial charge in [-0.05, 0) is 0 Å². The van der Waals surface area contributed by atoms with Gasteiger partial charge in [0.05, 0.1) is 4.91 Å². The predicted octanol–water partition coefficient (Wildman–Crippen LogP) is 0.943. The second-order valence-corrected chi connectivity index (χ2v) is 1.56. The summed E-state index contributed by atoms with van der Waals surface area (Å²) in [4.78, 5) is 0.870. The highest BCUT2D eigenvalue weighted by atomic mass is 32.1. The summed E-state index contributed by atoms with van der Waals surface area (Å²) in [7, 11) is 0. The normalized spacial score (nSPS) is 17.2. The molecule has 0 N–H and O–H groups in total. The Morgan fingerprint density at radius 1 is 2.00 bits per heavy atom. The van der Waals surface area contributed by atoms with Crippen molar-refractivity contribution in [2.24, 2.45) is 0 Å². The molecule has 1 aliphatic rings. The molecule has 0 spiro atoms. The van der Waals surface area contributed by atoms with Gasteiger partial charge in [-0.3, -0.25) is 0 Å². The van der Waals surface area contributed by atoms with Crippen LogP contribution in [0.3, 0.4) is 0 Å². The minimum atomic E-state index is 0.600. The van der Waals surface area contributed by atoms with Crippen LogP contribution in [0.5, 0.6) is 0 Å². The molecule has 0 aromatic rings. The van der Waals surface area contributed by atoms with E-state index < -0.39 is 0 Å². The molecule has 0 unspecified atom stereocenters. The highest BCUT2D eigenvalue weighted by molar-refractivity contribution is 7.84. The van der Waals surface area contributed by atoms with Gasteiger partial charge in [-0.25, -0.2) is 0 Å². The van der Waals surface area contributed by atoms with Gasteiger partial charge < -0.3 is 4.74 Å². The first kappa shape index (κ1) is 3.85. The average molecular weight is 100 g/mol. The molecule has 6 heavy (non-hydrogen) atoms. The van der Waals surface area contributed by atoms with E-state index in [1.807, 2.05) is 0 Å². The van der Waals surface area contributed by atoms with Crippen LogP contribution in [0.25, 0.3) is 0 Å². The number of hydrogen-bond donors (Lipinski definition) is 1. The summed E-state index contributed by atoms with van der Waals surface area (Å²) < 4.78 is 4.71.